The predicted octanol–water partition coefficient (Wildman–Crippen LogP) is 3.74. The maximum absolute atomic E-state index is 3.64. The lowest BCUT2D eigenvalue weighted by atomic mass is 10.0. The topological polar surface area (TPSA) is 12.0 Å². The Morgan fingerprint density at radius 1 is 1.14 bits per heavy atom. The van der Waals surface area contributed by atoms with E-state index in [0.29, 0.717) is 0 Å². The average molecular weight is 197 g/mol. The van der Waals surface area contributed by atoms with Gasteiger partial charge in [-0.1, -0.05) is 39.5 Å². The first kappa shape index (κ1) is 12.0. The Morgan fingerprint density at radius 3 is 2.36 bits per heavy atom. The quantitative estimate of drug-likeness (QED) is 0.613. The molecule has 1 saturated carbocycles. The maximum atomic E-state index is 3.64. The summed E-state index contributed by atoms with van der Waals surface area (Å²) in [6, 6.07) is 0.763. The molecule has 84 valence electrons. The molecule has 1 heteroatoms. The summed E-state index contributed by atoms with van der Waals surface area (Å²) in [7, 11) is 0. The van der Waals surface area contributed by atoms with Gasteiger partial charge < -0.3 is 5.32 Å². The SMILES string of the molecule is CCC(CC)NCCCC1CCCC1. The molecule has 1 rings (SSSR count). The molecule has 0 saturated heterocycles. The van der Waals surface area contributed by atoms with Gasteiger partial charge in [-0.2, -0.15) is 0 Å². The van der Waals surface area contributed by atoms with Gasteiger partial charge in [0.15, 0.2) is 0 Å². The van der Waals surface area contributed by atoms with E-state index < -0.39 is 0 Å². The first-order valence-electron chi connectivity index (χ1n) is 6.60. The number of hydrogen-bond donors (Lipinski definition) is 1. The van der Waals surface area contributed by atoms with Crippen molar-refractivity contribution < 1.29 is 0 Å². The van der Waals surface area contributed by atoms with E-state index in [-0.39, 0.29) is 0 Å². The molecule has 0 aromatic rings. The summed E-state index contributed by atoms with van der Waals surface area (Å²) in [5.74, 6) is 1.07. The zero-order chi connectivity index (χ0) is 10.2. The first-order valence-corrected chi connectivity index (χ1v) is 6.60. The number of rotatable bonds is 7. The Morgan fingerprint density at radius 2 is 1.79 bits per heavy atom. The Hall–Kier alpha value is -0.0400. The van der Waals surface area contributed by atoms with Crippen LogP contribution in [0.25, 0.3) is 0 Å². The molecule has 0 aliphatic heterocycles. The van der Waals surface area contributed by atoms with Crippen LogP contribution in [0.3, 0.4) is 0 Å². The van der Waals surface area contributed by atoms with E-state index in [4.69, 9.17) is 0 Å². The minimum Gasteiger partial charge on any atom is -0.314 e. The number of nitrogens with one attached hydrogen (secondary N) is 1. The van der Waals surface area contributed by atoms with Crippen molar-refractivity contribution in [2.75, 3.05) is 6.54 Å². The summed E-state index contributed by atoms with van der Waals surface area (Å²) in [5.41, 5.74) is 0. The average Bonchev–Trinajstić information content (AvgIpc) is 2.71. The molecule has 0 radical (unpaired) electrons. The molecule has 0 bridgehead atoms. The van der Waals surface area contributed by atoms with Gasteiger partial charge in [-0.3, -0.25) is 0 Å². The van der Waals surface area contributed by atoms with E-state index in [2.05, 4.69) is 19.2 Å². The fourth-order valence-corrected chi connectivity index (χ4v) is 2.57. The zero-order valence-electron chi connectivity index (χ0n) is 10.0. The van der Waals surface area contributed by atoms with Crippen molar-refractivity contribution in [3.05, 3.63) is 0 Å². The second kappa shape index (κ2) is 7.28. The molecule has 1 aliphatic rings. The lowest BCUT2D eigenvalue weighted by Crippen LogP contribution is -2.28. The van der Waals surface area contributed by atoms with Gasteiger partial charge in [0.05, 0.1) is 0 Å². The summed E-state index contributed by atoms with van der Waals surface area (Å²) >= 11 is 0. The highest BCUT2D eigenvalue weighted by Gasteiger charge is 2.14. The van der Waals surface area contributed by atoms with Gasteiger partial charge in [-0.25, -0.2) is 0 Å². The Bertz CT molecular complexity index is 119. The van der Waals surface area contributed by atoms with Crippen LogP contribution in [0.1, 0.15) is 65.2 Å². The van der Waals surface area contributed by atoms with Crippen LogP contribution in [0, 0.1) is 5.92 Å². The molecule has 1 aliphatic carbocycles. The Balaban J connectivity index is 1.92. The van der Waals surface area contributed by atoms with Crippen LogP contribution in [0.5, 0.6) is 0 Å². The molecule has 1 N–H and O–H groups in total. The molecule has 14 heavy (non-hydrogen) atoms. The lowest BCUT2D eigenvalue weighted by molar-refractivity contribution is 0.433. The third-order valence-electron chi connectivity index (χ3n) is 3.68. The normalized spacial score (nSPS) is 18.2. The minimum atomic E-state index is 0.763. The molecule has 0 aromatic heterocycles. The van der Waals surface area contributed by atoms with Crippen molar-refractivity contribution in [2.24, 2.45) is 5.92 Å². The molecule has 1 fully saturated rings. The van der Waals surface area contributed by atoms with Gasteiger partial charge in [0, 0.05) is 6.04 Å². The van der Waals surface area contributed by atoms with Crippen molar-refractivity contribution in [1.82, 2.24) is 5.32 Å². The van der Waals surface area contributed by atoms with Crippen molar-refractivity contribution in [1.29, 1.82) is 0 Å². The van der Waals surface area contributed by atoms with Crippen LogP contribution >= 0.6 is 0 Å². The minimum absolute atomic E-state index is 0.763. The summed E-state index contributed by atoms with van der Waals surface area (Å²) < 4.78 is 0. The molecule has 0 heterocycles. The molecular weight excluding hydrogens is 170 g/mol. The highest BCUT2D eigenvalue weighted by molar-refractivity contribution is 4.68. The zero-order valence-corrected chi connectivity index (χ0v) is 10.0. The Labute approximate surface area is 89.7 Å². The van der Waals surface area contributed by atoms with E-state index in [1.165, 1.54) is 57.9 Å². The van der Waals surface area contributed by atoms with Gasteiger partial charge >= 0.3 is 0 Å². The highest BCUT2D eigenvalue weighted by atomic mass is 14.9. The fourth-order valence-electron chi connectivity index (χ4n) is 2.57. The third-order valence-corrected chi connectivity index (χ3v) is 3.68. The van der Waals surface area contributed by atoms with Crippen molar-refractivity contribution in [2.45, 2.75) is 71.3 Å². The maximum Gasteiger partial charge on any atom is 0.00618 e. The van der Waals surface area contributed by atoms with E-state index in [1.54, 1.807) is 0 Å². The predicted molar refractivity (Wildman–Crippen MR) is 63.6 cm³/mol. The largest absolute Gasteiger partial charge is 0.314 e. The van der Waals surface area contributed by atoms with E-state index in [0.717, 1.165) is 12.0 Å². The molecule has 1 nitrogen and oxygen atoms in total. The Kier molecular flexibility index (Phi) is 6.25. The van der Waals surface area contributed by atoms with E-state index >= 15 is 0 Å². The van der Waals surface area contributed by atoms with Gasteiger partial charge in [0.2, 0.25) is 0 Å². The van der Waals surface area contributed by atoms with Crippen LogP contribution in [0.4, 0.5) is 0 Å². The summed E-state index contributed by atoms with van der Waals surface area (Å²) in [6.45, 7) is 5.79. The second-order valence-corrected chi connectivity index (χ2v) is 4.76. The van der Waals surface area contributed by atoms with Gasteiger partial charge in [-0.15, -0.1) is 0 Å². The van der Waals surface area contributed by atoms with Gasteiger partial charge in [0.25, 0.3) is 0 Å². The second-order valence-electron chi connectivity index (χ2n) is 4.76. The first-order chi connectivity index (χ1) is 6.86. The number of hydrogen-bond acceptors (Lipinski definition) is 1. The standard InChI is InChI=1S/C13H27N/c1-3-13(4-2)14-11-7-10-12-8-5-6-9-12/h12-14H,3-11H2,1-2H3. The van der Waals surface area contributed by atoms with Gasteiger partial charge in [-0.05, 0) is 38.1 Å². The molecule has 0 amide bonds. The molecule has 0 aromatic carbocycles. The van der Waals surface area contributed by atoms with Crippen molar-refractivity contribution >= 4 is 0 Å². The molecular formula is C13H27N. The molecule has 0 atom stereocenters. The van der Waals surface area contributed by atoms with Crippen LogP contribution in [-0.2, 0) is 0 Å². The van der Waals surface area contributed by atoms with Crippen molar-refractivity contribution in [3.8, 4) is 0 Å². The van der Waals surface area contributed by atoms with Crippen LogP contribution in [0.2, 0.25) is 0 Å². The smallest absolute Gasteiger partial charge is 0.00618 e. The fraction of sp³-hybridized carbons (Fsp3) is 1.00. The van der Waals surface area contributed by atoms with E-state index in [1.807, 2.05) is 0 Å². The highest BCUT2D eigenvalue weighted by Crippen LogP contribution is 2.28. The monoisotopic (exact) mass is 197 g/mol. The van der Waals surface area contributed by atoms with Gasteiger partial charge in [0.1, 0.15) is 0 Å². The van der Waals surface area contributed by atoms with Crippen LogP contribution < -0.4 is 5.32 Å². The third kappa shape index (κ3) is 4.45. The molecule has 0 unspecified atom stereocenters. The summed E-state index contributed by atoms with van der Waals surface area (Å²) in [4.78, 5) is 0. The van der Waals surface area contributed by atoms with Crippen molar-refractivity contribution in [3.63, 3.8) is 0 Å². The van der Waals surface area contributed by atoms with Crippen LogP contribution in [-0.4, -0.2) is 12.6 Å². The van der Waals surface area contributed by atoms with E-state index in [9.17, 15) is 0 Å². The molecule has 0 spiro atoms. The van der Waals surface area contributed by atoms with Crippen LogP contribution in [0.15, 0.2) is 0 Å². The summed E-state index contributed by atoms with van der Waals surface area (Å²) in [5, 5.41) is 3.64. The summed E-state index contributed by atoms with van der Waals surface area (Å²) in [6.07, 6.45) is 11.4. The lowest BCUT2D eigenvalue weighted by Gasteiger charge is -2.15.